The lowest BCUT2D eigenvalue weighted by Gasteiger charge is -2.14. The smallest absolute Gasteiger partial charge is 0.240 e. The average molecular weight is 537 g/mol. The van der Waals surface area contributed by atoms with Crippen molar-refractivity contribution in [3.63, 3.8) is 0 Å². The minimum Gasteiger partial charge on any atom is -0.508 e. The molecule has 0 aromatic heterocycles. The van der Waals surface area contributed by atoms with E-state index in [1.807, 2.05) is 19.9 Å². The molecule has 0 saturated heterocycles. The summed E-state index contributed by atoms with van der Waals surface area (Å²) in [6, 6.07) is 11.8. The zero-order chi connectivity index (χ0) is 27.1. The fourth-order valence-corrected chi connectivity index (χ4v) is 5.31. The molecule has 9 heteroatoms. The molecule has 0 heterocycles. The molecule has 0 spiro atoms. The number of aryl methyl sites for hydroxylation is 1. The Morgan fingerprint density at radius 1 is 0.946 bits per heavy atom. The van der Waals surface area contributed by atoms with Gasteiger partial charge in [-0.3, -0.25) is 0 Å². The molecule has 2 aromatic carbocycles. The summed E-state index contributed by atoms with van der Waals surface area (Å²) in [5.41, 5.74) is 2.11. The molecule has 2 aromatic rings. The van der Waals surface area contributed by atoms with Crippen molar-refractivity contribution in [3.8, 4) is 5.75 Å². The Hall–Kier alpha value is -2.01. The van der Waals surface area contributed by atoms with Crippen LogP contribution in [0.2, 0.25) is 0 Å². The number of hydrogen-bond donors (Lipinski definition) is 5. The highest BCUT2D eigenvalue weighted by Gasteiger charge is 2.15. The molecule has 0 fully saturated rings. The van der Waals surface area contributed by atoms with Crippen LogP contribution in [0.25, 0.3) is 0 Å². The SMILES string of the molecule is CC(C)NS(=O)(=O)c1cccc(CCCCOCCCCCCNC[C@@H](O)c2ccc(O)c(CO)c2)c1. The number of ether oxygens (including phenoxy) is 1. The van der Waals surface area contributed by atoms with Gasteiger partial charge in [-0.1, -0.05) is 31.0 Å². The van der Waals surface area contributed by atoms with Gasteiger partial charge in [0.2, 0.25) is 10.0 Å². The summed E-state index contributed by atoms with van der Waals surface area (Å²) in [7, 11) is -3.46. The van der Waals surface area contributed by atoms with Crippen molar-refractivity contribution in [3.05, 3.63) is 59.2 Å². The van der Waals surface area contributed by atoms with Crippen LogP contribution in [-0.4, -0.2) is 56.1 Å². The van der Waals surface area contributed by atoms with Crippen molar-refractivity contribution < 1.29 is 28.5 Å². The van der Waals surface area contributed by atoms with E-state index in [1.165, 1.54) is 6.07 Å². The number of aliphatic hydroxyl groups is 2. The highest BCUT2D eigenvalue weighted by atomic mass is 32.2. The predicted molar refractivity (Wildman–Crippen MR) is 146 cm³/mol. The second-order valence-electron chi connectivity index (χ2n) is 9.67. The van der Waals surface area contributed by atoms with Crippen LogP contribution in [0.4, 0.5) is 0 Å². The first-order chi connectivity index (χ1) is 17.7. The number of rotatable bonds is 19. The Bertz CT molecular complexity index is 1030. The summed E-state index contributed by atoms with van der Waals surface area (Å²) in [5.74, 6) is 0.0334. The fourth-order valence-electron chi connectivity index (χ4n) is 3.99. The van der Waals surface area contributed by atoms with Gasteiger partial charge in [-0.15, -0.1) is 0 Å². The maximum Gasteiger partial charge on any atom is 0.240 e. The van der Waals surface area contributed by atoms with E-state index in [9.17, 15) is 23.7 Å². The van der Waals surface area contributed by atoms with E-state index >= 15 is 0 Å². The number of unbranched alkanes of at least 4 members (excludes halogenated alkanes) is 4. The van der Waals surface area contributed by atoms with Gasteiger partial charge >= 0.3 is 0 Å². The Kier molecular flexibility index (Phi) is 14.1. The second-order valence-corrected chi connectivity index (χ2v) is 11.4. The molecule has 0 aliphatic carbocycles. The van der Waals surface area contributed by atoms with Gasteiger partial charge in [0.25, 0.3) is 0 Å². The summed E-state index contributed by atoms with van der Waals surface area (Å²) in [6.07, 6.45) is 6.25. The minimum atomic E-state index is -3.46. The molecule has 0 bridgehead atoms. The van der Waals surface area contributed by atoms with Crippen LogP contribution in [0.3, 0.4) is 0 Å². The normalized spacial score (nSPS) is 12.8. The Morgan fingerprint density at radius 2 is 1.68 bits per heavy atom. The van der Waals surface area contributed by atoms with Crippen LogP contribution in [0, 0.1) is 0 Å². The largest absolute Gasteiger partial charge is 0.508 e. The van der Waals surface area contributed by atoms with E-state index < -0.39 is 16.1 Å². The van der Waals surface area contributed by atoms with Gasteiger partial charge in [-0.25, -0.2) is 13.1 Å². The van der Waals surface area contributed by atoms with Crippen molar-refractivity contribution in [1.82, 2.24) is 10.0 Å². The summed E-state index contributed by atoms with van der Waals surface area (Å²) >= 11 is 0. The lowest BCUT2D eigenvalue weighted by atomic mass is 10.1. The van der Waals surface area contributed by atoms with Crippen LogP contribution in [0.5, 0.6) is 5.75 Å². The first kappa shape index (κ1) is 31.2. The molecule has 0 aliphatic heterocycles. The zero-order valence-corrected chi connectivity index (χ0v) is 23.0. The third-order valence-electron chi connectivity index (χ3n) is 5.99. The highest BCUT2D eigenvalue weighted by molar-refractivity contribution is 7.89. The van der Waals surface area contributed by atoms with Gasteiger partial charge < -0.3 is 25.4 Å². The van der Waals surface area contributed by atoms with E-state index in [1.54, 1.807) is 30.3 Å². The third-order valence-corrected chi connectivity index (χ3v) is 7.65. The number of hydrogen-bond acceptors (Lipinski definition) is 7. The van der Waals surface area contributed by atoms with E-state index in [0.29, 0.717) is 29.2 Å². The quantitative estimate of drug-likeness (QED) is 0.173. The molecule has 208 valence electrons. The number of aliphatic hydroxyl groups excluding tert-OH is 2. The fraction of sp³-hybridized carbons (Fsp3) is 0.571. The third kappa shape index (κ3) is 11.9. The lowest BCUT2D eigenvalue weighted by molar-refractivity contribution is 0.126. The lowest BCUT2D eigenvalue weighted by Crippen LogP contribution is -2.30. The summed E-state index contributed by atoms with van der Waals surface area (Å²) in [6.45, 7) is 6.05. The van der Waals surface area contributed by atoms with Crippen LogP contribution in [0.15, 0.2) is 47.4 Å². The van der Waals surface area contributed by atoms with Gasteiger partial charge in [0, 0.05) is 31.4 Å². The summed E-state index contributed by atoms with van der Waals surface area (Å²) < 4.78 is 33.0. The van der Waals surface area contributed by atoms with E-state index in [2.05, 4.69) is 10.0 Å². The van der Waals surface area contributed by atoms with Crippen LogP contribution < -0.4 is 10.0 Å². The molecule has 0 saturated carbocycles. The molecule has 8 nitrogen and oxygen atoms in total. The van der Waals surface area contributed by atoms with E-state index in [-0.39, 0.29) is 18.4 Å². The molecular formula is C28H44N2O6S. The van der Waals surface area contributed by atoms with Crippen LogP contribution in [-0.2, 0) is 27.8 Å². The molecule has 0 aliphatic rings. The zero-order valence-electron chi connectivity index (χ0n) is 22.2. The van der Waals surface area contributed by atoms with Gasteiger partial charge in [0.15, 0.2) is 0 Å². The van der Waals surface area contributed by atoms with Crippen LogP contribution in [0.1, 0.15) is 75.2 Å². The number of phenols is 1. The Labute approximate surface area is 222 Å². The predicted octanol–water partition coefficient (Wildman–Crippen LogP) is 3.79. The second kappa shape index (κ2) is 16.8. The monoisotopic (exact) mass is 536 g/mol. The Balaban J connectivity index is 1.47. The summed E-state index contributed by atoms with van der Waals surface area (Å²) in [5, 5.41) is 32.3. The number of benzene rings is 2. The van der Waals surface area contributed by atoms with Crippen molar-refractivity contribution in [2.45, 2.75) is 82.4 Å². The maximum absolute atomic E-state index is 12.3. The highest BCUT2D eigenvalue weighted by Crippen LogP contribution is 2.22. The summed E-state index contributed by atoms with van der Waals surface area (Å²) in [4.78, 5) is 0.315. The molecule has 37 heavy (non-hydrogen) atoms. The average Bonchev–Trinajstić information content (AvgIpc) is 2.86. The maximum atomic E-state index is 12.3. The van der Waals surface area contributed by atoms with Gasteiger partial charge in [0.1, 0.15) is 5.75 Å². The van der Waals surface area contributed by atoms with Crippen molar-refractivity contribution >= 4 is 10.0 Å². The molecule has 0 unspecified atom stereocenters. The molecule has 0 amide bonds. The Morgan fingerprint density at radius 3 is 2.41 bits per heavy atom. The topological polar surface area (TPSA) is 128 Å². The molecule has 5 N–H and O–H groups in total. The molecule has 0 radical (unpaired) electrons. The molecular weight excluding hydrogens is 492 g/mol. The van der Waals surface area contributed by atoms with E-state index in [4.69, 9.17) is 4.74 Å². The first-order valence-electron chi connectivity index (χ1n) is 13.2. The standard InChI is InChI=1S/C28H44N2O6S/c1-22(2)30-37(34,35)26-12-9-11-23(18-26)10-5-8-17-36-16-7-4-3-6-15-29-20-28(33)24-13-14-27(32)25(19-24)21-31/h9,11-14,18-19,22,28-33H,3-8,10,15-17,20-21H2,1-2H3/t28-/m1/s1. The molecule has 1 atom stereocenters. The van der Waals surface area contributed by atoms with Crippen molar-refractivity contribution in [2.75, 3.05) is 26.3 Å². The van der Waals surface area contributed by atoms with Gasteiger partial charge in [-0.2, -0.15) is 0 Å². The number of aromatic hydroxyl groups is 1. The minimum absolute atomic E-state index is 0.0334. The van der Waals surface area contributed by atoms with Gasteiger partial charge in [0.05, 0.1) is 17.6 Å². The molecule has 2 rings (SSSR count). The van der Waals surface area contributed by atoms with Crippen molar-refractivity contribution in [2.24, 2.45) is 0 Å². The first-order valence-corrected chi connectivity index (χ1v) is 14.7. The number of nitrogens with one attached hydrogen (secondary N) is 2. The van der Waals surface area contributed by atoms with E-state index in [0.717, 1.165) is 63.7 Å². The van der Waals surface area contributed by atoms with Crippen molar-refractivity contribution in [1.29, 1.82) is 0 Å². The van der Waals surface area contributed by atoms with Crippen LogP contribution >= 0.6 is 0 Å². The number of sulfonamides is 1. The van der Waals surface area contributed by atoms with Gasteiger partial charge in [-0.05, 0) is 87.9 Å².